The topological polar surface area (TPSA) is 148 Å². The van der Waals surface area contributed by atoms with Gasteiger partial charge in [-0.15, -0.1) is 10.2 Å². The molecule has 5 amide bonds. The number of nitrogens with one attached hydrogen (secondary N) is 2. The maximum atomic E-state index is 13.3. The quantitative estimate of drug-likeness (QED) is 0.453. The van der Waals surface area contributed by atoms with Crippen LogP contribution in [0.2, 0.25) is 0 Å². The number of benzene rings is 1. The summed E-state index contributed by atoms with van der Waals surface area (Å²) in [6, 6.07) is 8.74. The molecule has 13 nitrogen and oxygen atoms in total. The molecule has 1 aromatic carbocycles. The summed E-state index contributed by atoms with van der Waals surface area (Å²) >= 11 is 0. The van der Waals surface area contributed by atoms with Gasteiger partial charge >= 0.3 is 0 Å². The first-order valence-corrected chi connectivity index (χ1v) is 16.6. The van der Waals surface area contributed by atoms with Gasteiger partial charge in [-0.05, 0) is 62.4 Å². The standard InChI is InChI=1S/C33H40N8O5/c42-29-11-9-27(31(44)35-29)41-32(45)24-7-6-23(20-25(24)33(41)46)39-18-16-38(17-19-39)22-12-14-40(15-13-22)28-10-8-26(36-37-28)30(43)34-21-4-2-1-3-5-21/h6-8,10,20-22,27H,1-5,9,11-19H2,(H,34,43)(H,35,42,44). The fourth-order valence-corrected chi connectivity index (χ4v) is 7.58. The molecule has 13 heteroatoms. The number of rotatable bonds is 6. The molecule has 7 rings (SSSR count). The van der Waals surface area contributed by atoms with Gasteiger partial charge in [0.15, 0.2) is 11.5 Å². The molecule has 2 aromatic rings. The summed E-state index contributed by atoms with van der Waals surface area (Å²) in [5.74, 6) is -1.30. The summed E-state index contributed by atoms with van der Waals surface area (Å²) in [4.78, 5) is 70.9. The normalized spacial score (nSPS) is 23.5. The van der Waals surface area contributed by atoms with Crippen LogP contribution in [0, 0.1) is 0 Å². The third kappa shape index (κ3) is 5.95. The van der Waals surface area contributed by atoms with Gasteiger partial charge in [0, 0.05) is 63.5 Å². The highest BCUT2D eigenvalue weighted by Crippen LogP contribution is 2.31. The van der Waals surface area contributed by atoms with Crippen molar-refractivity contribution in [2.24, 2.45) is 0 Å². The molecule has 1 atom stereocenters. The predicted molar refractivity (Wildman–Crippen MR) is 169 cm³/mol. The zero-order valence-electron chi connectivity index (χ0n) is 25.9. The Balaban J connectivity index is 0.900. The number of imide groups is 2. The lowest BCUT2D eigenvalue weighted by molar-refractivity contribution is -0.136. The molecule has 242 valence electrons. The lowest BCUT2D eigenvalue weighted by atomic mass is 9.95. The van der Waals surface area contributed by atoms with Crippen LogP contribution < -0.4 is 20.4 Å². The SMILES string of the molecule is O=C1CCC(N2C(=O)c3ccc(N4CCN(C5CCN(c6ccc(C(=O)NC7CCCCC7)nn6)CC5)CC4)cc3C2=O)C(=O)N1. The third-order valence-corrected chi connectivity index (χ3v) is 10.2. The van der Waals surface area contributed by atoms with Crippen LogP contribution in [-0.4, -0.2) is 107 Å². The minimum atomic E-state index is -0.965. The first-order chi connectivity index (χ1) is 22.4. The fourth-order valence-electron chi connectivity index (χ4n) is 7.58. The van der Waals surface area contributed by atoms with Crippen LogP contribution in [-0.2, 0) is 9.59 Å². The second kappa shape index (κ2) is 12.8. The fraction of sp³-hybridized carbons (Fsp3) is 0.545. The molecular weight excluding hydrogens is 588 g/mol. The van der Waals surface area contributed by atoms with Crippen LogP contribution in [0.15, 0.2) is 30.3 Å². The Morgan fingerprint density at radius 1 is 0.761 bits per heavy atom. The van der Waals surface area contributed by atoms with E-state index in [9.17, 15) is 24.0 Å². The Labute approximate surface area is 267 Å². The first-order valence-electron chi connectivity index (χ1n) is 16.6. The van der Waals surface area contributed by atoms with Gasteiger partial charge in [-0.1, -0.05) is 19.3 Å². The summed E-state index contributed by atoms with van der Waals surface area (Å²) in [5, 5.41) is 14.0. The zero-order valence-corrected chi connectivity index (χ0v) is 25.9. The van der Waals surface area contributed by atoms with Crippen LogP contribution in [0.1, 0.15) is 89.0 Å². The van der Waals surface area contributed by atoms with Gasteiger partial charge in [0.2, 0.25) is 11.8 Å². The van der Waals surface area contributed by atoms with Gasteiger partial charge in [-0.25, -0.2) is 0 Å². The molecule has 46 heavy (non-hydrogen) atoms. The maximum absolute atomic E-state index is 13.3. The van der Waals surface area contributed by atoms with Crippen molar-refractivity contribution in [3.63, 3.8) is 0 Å². The zero-order chi connectivity index (χ0) is 31.8. The van der Waals surface area contributed by atoms with Crippen LogP contribution >= 0.6 is 0 Å². The van der Waals surface area contributed by atoms with Crippen molar-refractivity contribution in [1.82, 2.24) is 30.6 Å². The van der Waals surface area contributed by atoms with Crippen molar-refractivity contribution >= 4 is 41.0 Å². The van der Waals surface area contributed by atoms with E-state index in [1.807, 2.05) is 12.1 Å². The summed E-state index contributed by atoms with van der Waals surface area (Å²) in [6.07, 6.45) is 7.89. The maximum Gasteiger partial charge on any atom is 0.272 e. The van der Waals surface area contributed by atoms with Gasteiger partial charge in [0.1, 0.15) is 6.04 Å². The number of hydrogen-bond donors (Lipinski definition) is 2. The van der Waals surface area contributed by atoms with E-state index in [-0.39, 0.29) is 30.7 Å². The van der Waals surface area contributed by atoms with Crippen molar-refractivity contribution in [2.45, 2.75) is 75.9 Å². The molecule has 1 aromatic heterocycles. The molecule has 1 unspecified atom stereocenters. The van der Waals surface area contributed by atoms with E-state index in [2.05, 4.69) is 35.5 Å². The number of hydrogen-bond acceptors (Lipinski definition) is 10. The Morgan fingerprint density at radius 2 is 1.50 bits per heavy atom. The molecule has 0 radical (unpaired) electrons. The second-order valence-electron chi connectivity index (χ2n) is 13.0. The van der Waals surface area contributed by atoms with Gasteiger partial charge in [0.25, 0.3) is 17.7 Å². The summed E-state index contributed by atoms with van der Waals surface area (Å²) in [6.45, 7) is 5.13. The van der Waals surface area contributed by atoms with Crippen LogP contribution in [0.5, 0.6) is 0 Å². The second-order valence-corrected chi connectivity index (χ2v) is 13.0. The predicted octanol–water partition coefficient (Wildman–Crippen LogP) is 1.73. The van der Waals surface area contributed by atoms with Gasteiger partial charge in [0.05, 0.1) is 11.1 Å². The molecule has 5 heterocycles. The van der Waals surface area contributed by atoms with E-state index in [0.29, 0.717) is 22.9 Å². The Kier molecular flexibility index (Phi) is 8.41. The van der Waals surface area contributed by atoms with E-state index < -0.39 is 23.8 Å². The molecule has 5 aliphatic rings. The molecular formula is C33H40N8O5. The number of anilines is 2. The lowest BCUT2D eigenvalue weighted by Gasteiger charge is -2.43. The van der Waals surface area contributed by atoms with Crippen molar-refractivity contribution in [3.05, 3.63) is 47.2 Å². The Bertz CT molecular complexity index is 1520. The Hall–Kier alpha value is -4.39. The molecule has 0 spiro atoms. The average Bonchev–Trinajstić information content (AvgIpc) is 3.33. The van der Waals surface area contributed by atoms with Crippen molar-refractivity contribution in [3.8, 4) is 0 Å². The molecule has 1 saturated carbocycles. The summed E-state index contributed by atoms with van der Waals surface area (Å²) < 4.78 is 0. The number of carbonyl (C=O) groups excluding carboxylic acids is 5. The summed E-state index contributed by atoms with van der Waals surface area (Å²) in [7, 11) is 0. The lowest BCUT2D eigenvalue weighted by Crippen LogP contribution is -2.54. The van der Waals surface area contributed by atoms with Gasteiger partial charge in [-0.3, -0.25) is 39.1 Å². The van der Waals surface area contributed by atoms with Crippen molar-refractivity contribution in [1.29, 1.82) is 0 Å². The molecule has 0 bridgehead atoms. The van der Waals surface area contributed by atoms with Gasteiger partial charge in [-0.2, -0.15) is 0 Å². The van der Waals surface area contributed by atoms with Crippen LogP contribution in [0.3, 0.4) is 0 Å². The molecule has 4 fully saturated rings. The summed E-state index contributed by atoms with van der Waals surface area (Å²) in [5.41, 5.74) is 1.86. The number of aromatic nitrogens is 2. The minimum absolute atomic E-state index is 0.0972. The highest BCUT2D eigenvalue weighted by atomic mass is 16.2. The van der Waals surface area contributed by atoms with E-state index in [0.717, 1.165) is 94.2 Å². The van der Waals surface area contributed by atoms with E-state index in [4.69, 9.17) is 0 Å². The number of nitrogens with zero attached hydrogens (tertiary/aromatic N) is 6. The highest BCUT2D eigenvalue weighted by molar-refractivity contribution is 6.23. The third-order valence-electron chi connectivity index (χ3n) is 10.2. The molecule has 1 aliphatic carbocycles. The number of carbonyl (C=O) groups is 5. The number of fused-ring (bicyclic) bond motifs is 1. The van der Waals surface area contributed by atoms with Crippen LogP contribution in [0.25, 0.3) is 0 Å². The van der Waals surface area contributed by atoms with Crippen LogP contribution in [0.4, 0.5) is 11.5 Å². The average molecular weight is 629 g/mol. The number of piperidine rings is 2. The number of piperazine rings is 1. The minimum Gasteiger partial charge on any atom is -0.369 e. The van der Waals surface area contributed by atoms with E-state index in [1.165, 1.54) is 6.42 Å². The monoisotopic (exact) mass is 628 g/mol. The Morgan fingerprint density at radius 3 is 2.20 bits per heavy atom. The molecule has 2 N–H and O–H groups in total. The van der Waals surface area contributed by atoms with Crippen molar-refractivity contribution < 1.29 is 24.0 Å². The highest BCUT2D eigenvalue weighted by Gasteiger charge is 2.45. The van der Waals surface area contributed by atoms with E-state index >= 15 is 0 Å². The van der Waals surface area contributed by atoms with E-state index in [1.54, 1.807) is 18.2 Å². The molecule has 4 aliphatic heterocycles. The first kappa shape index (κ1) is 30.3. The van der Waals surface area contributed by atoms with Crippen molar-refractivity contribution in [2.75, 3.05) is 49.1 Å². The largest absolute Gasteiger partial charge is 0.369 e. The smallest absolute Gasteiger partial charge is 0.272 e. The number of amides is 5. The molecule has 3 saturated heterocycles. The van der Waals surface area contributed by atoms with Gasteiger partial charge < -0.3 is 15.1 Å².